The maximum Gasteiger partial charge on any atom is 0.253 e. The molecular weight excluding hydrogens is 434 g/mol. The van der Waals surface area contributed by atoms with Gasteiger partial charge in [0, 0.05) is 58.1 Å². The number of anilines is 2. The van der Waals surface area contributed by atoms with Crippen LogP contribution in [0.25, 0.3) is 16.8 Å². The lowest BCUT2D eigenvalue weighted by molar-refractivity contribution is 0.0724. The molecule has 33 heavy (non-hydrogen) atoms. The average Bonchev–Trinajstić information content (AvgIpc) is 3.27. The first-order chi connectivity index (χ1) is 16.1. The summed E-state index contributed by atoms with van der Waals surface area (Å²) in [5.74, 6) is 0.555. The molecule has 0 spiro atoms. The molecule has 3 heterocycles. The lowest BCUT2D eigenvalue weighted by atomic mass is 10.1. The molecule has 1 saturated heterocycles. The van der Waals surface area contributed by atoms with E-state index in [-0.39, 0.29) is 5.91 Å². The summed E-state index contributed by atoms with van der Waals surface area (Å²) in [7, 11) is -1.06. The van der Waals surface area contributed by atoms with Crippen molar-refractivity contribution < 1.29 is 9.00 Å². The van der Waals surface area contributed by atoms with Crippen LogP contribution in [0.3, 0.4) is 0 Å². The lowest BCUT2D eigenvalue weighted by Gasteiger charge is -2.26. The smallest absolute Gasteiger partial charge is 0.253 e. The zero-order valence-corrected chi connectivity index (χ0v) is 19.2. The van der Waals surface area contributed by atoms with Gasteiger partial charge in [0.05, 0.1) is 0 Å². The van der Waals surface area contributed by atoms with E-state index < -0.39 is 10.8 Å². The molecule has 1 unspecified atom stereocenters. The summed E-state index contributed by atoms with van der Waals surface area (Å²) in [6.45, 7) is 1.67. The molecule has 1 aliphatic rings. The second-order valence-corrected chi connectivity index (χ2v) is 9.54. The Balaban J connectivity index is 1.38. The number of benzene rings is 2. The topological polar surface area (TPSA) is 79.6 Å². The molecule has 0 aliphatic carbocycles. The summed E-state index contributed by atoms with van der Waals surface area (Å²) in [5.41, 5.74) is 4.06. The number of aromatic nitrogens is 3. The van der Waals surface area contributed by atoms with Crippen LogP contribution in [-0.4, -0.2) is 49.0 Å². The van der Waals surface area contributed by atoms with Crippen LogP contribution in [0, 0.1) is 0 Å². The van der Waals surface area contributed by atoms with E-state index in [9.17, 15) is 9.00 Å². The Bertz CT molecular complexity index is 1330. The van der Waals surface area contributed by atoms with Gasteiger partial charge >= 0.3 is 0 Å². The summed E-state index contributed by atoms with van der Waals surface area (Å²) in [6.07, 6.45) is 6.87. The number of carbonyl (C=O) groups excluding carboxylic acids is 1. The van der Waals surface area contributed by atoms with Gasteiger partial charge in [-0.3, -0.25) is 9.00 Å². The number of nitrogens with zero attached hydrogens (tertiary/aromatic N) is 4. The van der Waals surface area contributed by atoms with Crippen molar-refractivity contribution >= 4 is 34.0 Å². The number of amides is 1. The molecule has 1 amide bonds. The highest BCUT2D eigenvalue weighted by atomic mass is 32.2. The first-order valence-electron chi connectivity index (χ1n) is 11.0. The minimum absolute atomic E-state index is 0.0898. The van der Waals surface area contributed by atoms with Crippen LogP contribution in [0.15, 0.2) is 71.8 Å². The van der Waals surface area contributed by atoms with Crippen molar-refractivity contribution in [1.29, 1.82) is 0 Å². The van der Waals surface area contributed by atoms with Crippen molar-refractivity contribution in [2.45, 2.75) is 24.2 Å². The van der Waals surface area contributed by atoms with Crippen LogP contribution in [0.4, 0.5) is 11.6 Å². The minimum Gasteiger partial charge on any atom is -0.339 e. The molecule has 1 aliphatic heterocycles. The molecular formula is C25H25N5O2S. The number of piperidine rings is 1. The Hall–Kier alpha value is -3.52. The normalized spacial score (nSPS) is 14.9. The van der Waals surface area contributed by atoms with Gasteiger partial charge in [-0.2, -0.15) is 4.98 Å². The van der Waals surface area contributed by atoms with Crippen LogP contribution in [-0.2, 0) is 10.8 Å². The number of hydrogen-bond donors (Lipinski definition) is 1. The Morgan fingerprint density at radius 3 is 2.55 bits per heavy atom. The monoisotopic (exact) mass is 459 g/mol. The molecule has 5 rings (SSSR count). The Morgan fingerprint density at radius 2 is 1.79 bits per heavy atom. The van der Waals surface area contributed by atoms with Crippen LogP contribution in [0.1, 0.15) is 29.6 Å². The SMILES string of the molecule is CS(=O)c1cccc(-c2cccn3nc(Nc4ccc(C(=O)N5CCCCC5)cc4)nc23)c1. The van der Waals surface area contributed by atoms with Crippen molar-refractivity contribution in [2.24, 2.45) is 0 Å². The summed E-state index contributed by atoms with van der Waals surface area (Å²) < 4.78 is 13.6. The van der Waals surface area contributed by atoms with E-state index in [0.29, 0.717) is 17.2 Å². The van der Waals surface area contributed by atoms with E-state index in [2.05, 4.69) is 15.4 Å². The van der Waals surface area contributed by atoms with Crippen molar-refractivity contribution in [3.05, 3.63) is 72.4 Å². The number of hydrogen-bond acceptors (Lipinski definition) is 5. The Morgan fingerprint density at radius 1 is 1.00 bits per heavy atom. The van der Waals surface area contributed by atoms with Gasteiger partial charge in [-0.15, -0.1) is 5.10 Å². The number of rotatable bonds is 5. The van der Waals surface area contributed by atoms with Gasteiger partial charge < -0.3 is 10.2 Å². The Kier molecular flexibility index (Phi) is 5.92. The van der Waals surface area contributed by atoms with Crippen molar-refractivity contribution in [3.63, 3.8) is 0 Å². The van der Waals surface area contributed by atoms with Gasteiger partial charge in [0.25, 0.3) is 5.91 Å². The van der Waals surface area contributed by atoms with Gasteiger partial charge in [0.15, 0.2) is 5.65 Å². The third-order valence-electron chi connectivity index (χ3n) is 5.87. The fourth-order valence-electron chi connectivity index (χ4n) is 4.13. The van der Waals surface area contributed by atoms with Crippen LogP contribution in [0.2, 0.25) is 0 Å². The van der Waals surface area contributed by atoms with E-state index >= 15 is 0 Å². The number of nitrogens with one attached hydrogen (secondary N) is 1. The van der Waals surface area contributed by atoms with Crippen LogP contribution < -0.4 is 5.32 Å². The number of fused-ring (bicyclic) bond motifs is 1. The fraction of sp³-hybridized carbons (Fsp3) is 0.240. The molecule has 8 heteroatoms. The maximum absolute atomic E-state index is 12.7. The highest BCUT2D eigenvalue weighted by molar-refractivity contribution is 7.84. The molecule has 168 valence electrons. The number of carbonyl (C=O) groups is 1. The molecule has 1 atom stereocenters. The first kappa shape index (κ1) is 21.3. The second-order valence-electron chi connectivity index (χ2n) is 8.16. The molecule has 0 bridgehead atoms. The first-order valence-corrected chi connectivity index (χ1v) is 12.6. The average molecular weight is 460 g/mol. The second kappa shape index (κ2) is 9.15. The summed E-state index contributed by atoms with van der Waals surface area (Å²) in [4.78, 5) is 20.1. The molecule has 1 fully saturated rings. The molecule has 7 nitrogen and oxygen atoms in total. The van der Waals surface area contributed by atoms with E-state index in [4.69, 9.17) is 0 Å². The maximum atomic E-state index is 12.7. The number of likely N-dealkylation sites (tertiary alicyclic amines) is 1. The molecule has 0 radical (unpaired) electrons. The highest BCUT2D eigenvalue weighted by Crippen LogP contribution is 2.26. The van der Waals surface area contributed by atoms with Gasteiger partial charge in [0.1, 0.15) is 0 Å². The van der Waals surface area contributed by atoms with E-state index in [0.717, 1.165) is 47.6 Å². The third kappa shape index (κ3) is 4.52. The summed E-state index contributed by atoms with van der Waals surface area (Å²) in [6, 6.07) is 19.0. The predicted octanol–water partition coefficient (Wildman–Crippen LogP) is 4.50. The predicted molar refractivity (Wildman–Crippen MR) is 130 cm³/mol. The Labute approximate surface area is 194 Å². The van der Waals surface area contributed by atoms with E-state index in [1.807, 2.05) is 71.8 Å². The van der Waals surface area contributed by atoms with Gasteiger partial charge in [-0.1, -0.05) is 12.1 Å². The van der Waals surface area contributed by atoms with Crippen molar-refractivity contribution in [2.75, 3.05) is 24.7 Å². The van der Waals surface area contributed by atoms with E-state index in [1.165, 1.54) is 6.42 Å². The molecule has 2 aromatic carbocycles. The summed E-state index contributed by atoms with van der Waals surface area (Å²) >= 11 is 0. The van der Waals surface area contributed by atoms with Gasteiger partial charge in [0.2, 0.25) is 5.95 Å². The number of pyridine rings is 1. The zero-order valence-electron chi connectivity index (χ0n) is 18.4. The molecule has 0 saturated carbocycles. The molecule has 2 aromatic heterocycles. The standard InChI is InChI=1S/C25H25N5O2S/c1-33(32)21-8-5-7-19(17-21)22-9-6-16-30-23(22)27-25(28-30)26-20-12-10-18(11-13-20)24(31)29-14-3-2-4-15-29/h5-13,16-17H,2-4,14-15H2,1H3,(H,26,28). The zero-order chi connectivity index (χ0) is 22.8. The van der Waals surface area contributed by atoms with Crippen molar-refractivity contribution in [3.8, 4) is 11.1 Å². The fourth-order valence-corrected chi connectivity index (χ4v) is 4.69. The lowest BCUT2D eigenvalue weighted by Crippen LogP contribution is -2.35. The quantitative estimate of drug-likeness (QED) is 0.475. The van der Waals surface area contributed by atoms with Crippen molar-refractivity contribution in [1.82, 2.24) is 19.5 Å². The van der Waals surface area contributed by atoms with Gasteiger partial charge in [-0.25, -0.2) is 4.52 Å². The van der Waals surface area contributed by atoms with Crippen LogP contribution >= 0.6 is 0 Å². The minimum atomic E-state index is -1.06. The molecule has 4 aromatic rings. The van der Waals surface area contributed by atoms with E-state index in [1.54, 1.807) is 10.8 Å². The van der Waals surface area contributed by atoms with Gasteiger partial charge in [-0.05, 0) is 73.4 Å². The summed E-state index contributed by atoms with van der Waals surface area (Å²) in [5, 5.41) is 7.77. The van der Waals surface area contributed by atoms with Crippen LogP contribution in [0.5, 0.6) is 0 Å². The highest BCUT2D eigenvalue weighted by Gasteiger charge is 2.18. The largest absolute Gasteiger partial charge is 0.339 e. The molecule has 1 N–H and O–H groups in total. The third-order valence-corrected chi connectivity index (χ3v) is 6.79.